The normalized spacial score (nSPS) is 11.0. The molecule has 0 aliphatic carbocycles. The number of hydrogen-bond acceptors (Lipinski definition) is 5. The molecule has 0 atom stereocenters. The summed E-state index contributed by atoms with van der Waals surface area (Å²) in [6.45, 7) is 2.03. The number of hydrogen-bond donors (Lipinski definition) is 0. The maximum atomic E-state index is 4.54. The zero-order valence-corrected chi connectivity index (χ0v) is 16.0. The molecule has 0 aliphatic rings. The van der Waals surface area contributed by atoms with Gasteiger partial charge in [0, 0.05) is 23.2 Å². The van der Waals surface area contributed by atoms with Gasteiger partial charge in [0.25, 0.3) is 0 Å². The molecule has 0 amide bonds. The van der Waals surface area contributed by atoms with Crippen molar-refractivity contribution in [2.24, 2.45) is 0 Å². The van der Waals surface area contributed by atoms with Crippen LogP contribution in [0.5, 0.6) is 0 Å². The fraction of sp³-hybridized carbons (Fsp3) is 0.150. The van der Waals surface area contributed by atoms with Gasteiger partial charge in [-0.25, -0.2) is 4.98 Å². The standard InChI is InChI=1S/C20H18N4S2/c1-15-21-17(13-25-15)14-26-20-23-22-19(12-16-8-4-2-5-9-16)24(20)18-10-6-3-7-11-18/h2-11,13H,12,14H2,1H3. The van der Waals surface area contributed by atoms with E-state index >= 15 is 0 Å². The summed E-state index contributed by atoms with van der Waals surface area (Å²) in [5.41, 5.74) is 3.40. The highest BCUT2D eigenvalue weighted by Gasteiger charge is 2.15. The van der Waals surface area contributed by atoms with Gasteiger partial charge in [-0.15, -0.1) is 21.5 Å². The summed E-state index contributed by atoms with van der Waals surface area (Å²) in [4.78, 5) is 4.54. The average molecular weight is 379 g/mol. The van der Waals surface area contributed by atoms with Crippen LogP contribution < -0.4 is 0 Å². The van der Waals surface area contributed by atoms with Crippen LogP contribution in [0, 0.1) is 6.92 Å². The topological polar surface area (TPSA) is 43.6 Å². The van der Waals surface area contributed by atoms with Crippen LogP contribution in [0.25, 0.3) is 5.69 Å². The molecule has 0 bridgehead atoms. The third-order valence-corrected chi connectivity index (χ3v) is 5.72. The van der Waals surface area contributed by atoms with E-state index in [1.165, 1.54) is 5.56 Å². The number of thiazole rings is 1. The largest absolute Gasteiger partial charge is 0.274 e. The van der Waals surface area contributed by atoms with Crippen LogP contribution in [-0.4, -0.2) is 19.7 Å². The molecule has 130 valence electrons. The first-order valence-electron chi connectivity index (χ1n) is 8.37. The maximum absolute atomic E-state index is 4.54. The van der Waals surface area contributed by atoms with Gasteiger partial charge in [0.2, 0.25) is 0 Å². The molecule has 2 aromatic heterocycles. The molecule has 0 aliphatic heterocycles. The molecule has 2 heterocycles. The summed E-state index contributed by atoms with van der Waals surface area (Å²) >= 11 is 3.35. The lowest BCUT2D eigenvalue weighted by atomic mass is 10.1. The van der Waals surface area contributed by atoms with Gasteiger partial charge in [-0.05, 0) is 24.6 Å². The van der Waals surface area contributed by atoms with Crippen molar-refractivity contribution in [2.75, 3.05) is 0 Å². The van der Waals surface area contributed by atoms with E-state index in [9.17, 15) is 0 Å². The number of para-hydroxylation sites is 1. The number of aromatic nitrogens is 4. The van der Waals surface area contributed by atoms with E-state index in [2.05, 4.69) is 61.5 Å². The molecule has 0 spiro atoms. The van der Waals surface area contributed by atoms with Crippen LogP contribution in [0.3, 0.4) is 0 Å². The summed E-state index contributed by atoms with van der Waals surface area (Å²) in [5.74, 6) is 1.74. The van der Waals surface area contributed by atoms with Crippen molar-refractivity contribution in [2.45, 2.75) is 24.3 Å². The predicted molar refractivity (Wildman–Crippen MR) is 107 cm³/mol. The van der Waals surface area contributed by atoms with E-state index in [4.69, 9.17) is 0 Å². The monoisotopic (exact) mass is 378 g/mol. The predicted octanol–water partition coefficient (Wildman–Crippen LogP) is 4.92. The number of aryl methyl sites for hydroxylation is 1. The summed E-state index contributed by atoms with van der Waals surface area (Å²) in [6.07, 6.45) is 0.749. The Hall–Kier alpha value is -2.44. The minimum absolute atomic E-state index is 0.749. The Morgan fingerprint density at radius 3 is 2.38 bits per heavy atom. The van der Waals surface area contributed by atoms with Gasteiger partial charge in [0.1, 0.15) is 5.82 Å². The first kappa shape index (κ1) is 17.0. The highest BCUT2D eigenvalue weighted by molar-refractivity contribution is 7.98. The molecule has 0 unspecified atom stereocenters. The fourth-order valence-electron chi connectivity index (χ4n) is 2.74. The Morgan fingerprint density at radius 1 is 0.962 bits per heavy atom. The SMILES string of the molecule is Cc1nc(CSc2nnc(Cc3ccccc3)n2-c2ccccc2)cs1. The molecule has 4 rings (SSSR count). The lowest BCUT2D eigenvalue weighted by molar-refractivity contribution is 0.847. The third-order valence-electron chi connectivity index (χ3n) is 3.94. The summed E-state index contributed by atoms with van der Waals surface area (Å²) in [7, 11) is 0. The van der Waals surface area contributed by atoms with Crippen molar-refractivity contribution >= 4 is 23.1 Å². The Kier molecular flexibility index (Phi) is 5.13. The second kappa shape index (κ2) is 7.85. The molecule has 2 aromatic carbocycles. The quantitative estimate of drug-likeness (QED) is 0.447. The number of rotatable bonds is 6. The fourth-order valence-corrected chi connectivity index (χ4v) is 4.32. The molecular formula is C20H18N4S2. The van der Waals surface area contributed by atoms with Gasteiger partial charge in [0.15, 0.2) is 5.16 Å². The van der Waals surface area contributed by atoms with Gasteiger partial charge >= 0.3 is 0 Å². The first-order valence-corrected chi connectivity index (χ1v) is 10.2. The first-order chi connectivity index (χ1) is 12.8. The minimum Gasteiger partial charge on any atom is -0.274 e. The van der Waals surface area contributed by atoms with Crippen LogP contribution in [0.1, 0.15) is 22.1 Å². The zero-order valence-electron chi connectivity index (χ0n) is 14.4. The van der Waals surface area contributed by atoms with Gasteiger partial charge in [-0.3, -0.25) is 4.57 Å². The number of nitrogens with zero attached hydrogens (tertiary/aromatic N) is 4. The van der Waals surface area contributed by atoms with E-state index in [-0.39, 0.29) is 0 Å². The van der Waals surface area contributed by atoms with Crippen molar-refractivity contribution in [1.29, 1.82) is 0 Å². The molecule has 0 fully saturated rings. The molecule has 26 heavy (non-hydrogen) atoms. The van der Waals surface area contributed by atoms with Crippen molar-refractivity contribution < 1.29 is 0 Å². The molecule has 0 radical (unpaired) electrons. The Labute approximate surface area is 161 Å². The molecule has 4 aromatic rings. The van der Waals surface area contributed by atoms with Gasteiger partial charge in [-0.2, -0.15) is 0 Å². The van der Waals surface area contributed by atoms with E-state index in [1.54, 1.807) is 23.1 Å². The van der Waals surface area contributed by atoms with E-state index in [0.717, 1.165) is 39.5 Å². The molecule has 0 saturated heterocycles. The van der Waals surface area contributed by atoms with Crippen molar-refractivity contribution in [3.8, 4) is 5.69 Å². The molecule has 0 N–H and O–H groups in total. The Balaban J connectivity index is 1.65. The highest BCUT2D eigenvalue weighted by Crippen LogP contribution is 2.26. The maximum Gasteiger partial charge on any atom is 0.196 e. The van der Waals surface area contributed by atoms with E-state index < -0.39 is 0 Å². The lowest BCUT2D eigenvalue weighted by Crippen LogP contribution is -2.03. The van der Waals surface area contributed by atoms with Crippen molar-refractivity contribution in [3.63, 3.8) is 0 Å². The molecular weight excluding hydrogens is 360 g/mol. The summed E-state index contributed by atoms with van der Waals surface area (Å²) in [5, 5.41) is 13.0. The van der Waals surface area contributed by atoms with Gasteiger partial charge in [-0.1, -0.05) is 60.3 Å². The van der Waals surface area contributed by atoms with Crippen LogP contribution >= 0.6 is 23.1 Å². The summed E-state index contributed by atoms with van der Waals surface area (Å²) in [6, 6.07) is 20.7. The number of thioether (sulfide) groups is 1. The van der Waals surface area contributed by atoms with E-state index in [1.807, 2.05) is 31.2 Å². The highest BCUT2D eigenvalue weighted by atomic mass is 32.2. The zero-order chi connectivity index (χ0) is 17.8. The minimum atomic E-state index is 0.749. The molecule has 4 nitrogen and oxygen atoms in total. The molecule has 6 heteroatoms. The summed E-state index contributed by atoms with van der Waals surface area (Å²) < 4.78 is 2.15. The van der Waals surface area contributed by atoms with Gasteiger partial charge in [0.05, 0.1) is 10.7 Å². The van der Waals surface area contributed by atoms with Gasteiger partial charge < -0.3 is 0 Å². The average Bonchev–Trinajstić information content (AvgIpc) is 3.27. The third kappa shape index (κ3) is 3.86. The molecule has 0 saturated carbocycles. The van der Waals surface area contributed by atoms with Crippen LogP contribution in [0.2, 0.25) is 0 Å². The van der Waals surface area contributed by atoms with Crippen LogP contribution in [0.4, 0.5) is 0 Å². The Bertz CT molecular complexity index is 977. The second-order valence-corrected chi connectivity index (χ2v) is 7.88. The van der Waals surface area contributed by atoms with Crippen LogP contribution in [-0.2, 0) is 12.2 Å². The second-order valence-electron chi connectivity index (χ2n) is 5.88. The van der Waals surface area contributed by atoms with Crippen molar-refractivity contribution in [3.05, 3.63) is 88.1 Å². The number of benzene rings is 2. The Morgan fingerprint density at radius 2 is 1.69 bits per heavy atom. The van der Waals surface area contributed by atoms with E-state index in [0.29, 0.717) is 0 Å². The van der Waals surface area contributed by atoms with Crippen molar-refractivity contribution in [1.82, 2.24) is 19.7 Å². The van der Waals surface area contributed by atoms with Crippen LogP contribution in [0.15, 0.2) is 71.2 Å². The smallest absolute Gasteiger partial charge is 0.196 e. The lowest BCUT2D eigenvalue weighted by Gasteiger charge is -2.10.